The van der Waals surface area contributed by atoms with E-state index in [4.69, 9.17) is 4.74 Å². The molecule has 1 amide bonds. The maximum atomic E-state index is 13.1. The Kier molecular flexibility index (Phi) is 6.73. The van der Waals surface area contributed by atoms with Crippen molar-refractivity contribution in [1.29, 1.82) is 0 Å². The number of ether oxygens (including phenoxy) is 1. The van der Waals surface area contributed by atoms with Crippen molar-refractivity contribution in [3.63, 3.8) is 0 Å². The van der Waals surface area contributed by atoms with Gasteiger partial charge >= 0.3 is 0 Å². The number of hydrogen-bond donors (Lipinski definition) is 1. The third-order valence-electron chi connectivity index (χ3n) is 4.31. The van der Waals surface area contributed by atoms with Crippen molar-refractivity contribution in [1.82, 2.24) is 15.1 Å². The molecule has 0 aliphatic carbocycles. The molecule has 0 radical (unpaired) electrons. The Morgan fingerprint density at radius 3 is 2.62 bits per heavy atom. The Bertz CT molecular complexity index is 1030. The molecule has 0 spiro atoms. The van der Waals surface area contributed by atoms with Crippen LogP contribution in [0.15, 0.2) is 65.5 Å². The molecule has 1 N–H and O–H groups in total. The maximum absolute atomic E-state index is 13.1. The third kappa shape index (κ3) is 5.51. The van der Waals surface area contributed by atoms with Crippen molar-refractivity contribution in [2.75, 3.05) is 6.61 Å². The van der Waals surface area contributed by atoms with Gasteiger partial charge in [-0.2, -0.15) is 5.10 Å². The Labute approximate surface area is 168 Å². The number of benzene rings is 2. The van der Waals surface area contributed by atoms with Gasteiger partial charge in [-0.25, -0.2) is 9.07 Å². The predicted octanol–water partition coefficient (Wildman–Crippen LogP) is 3.15. The molecule has 1 heterocycles. The summed E-state index contributed by atoms with van der Waals surface area (Å²) in [6, 6.07) is 16.3. The second-order valence-corrected chi connectivity index (χ2v) is 6.35. The fourth-order valence-electron chi connectivity index (χ4n) is 2.82. The zero-order valence-electron chi connectivity index (χ0n) is 16.1. The molecule has 0 saturated heterocycles. The highest BCUT2D eigenvalue weighted by atomic mass is 19.1. The molecule has 2 aromatic carbocycles. The minimum absolute atomic E-state index is 0.108. The summed E-state index contributed by atoms with van der Waals surface area (Å²) >= 11 is 0. The summed E-state index contributed by atoms with van der Waals surface area (Å²) in [7, 11) is 0. The van der Waals surface area contributed by atoms with Gasteiger partial charge < -0.3 is 10.1 Å². The number of nitrogens with one attached hydrogen (secondary N) is 1. The van der Waals surface area contributed by atoms with Crippen molar-refractivity contribution in [2.45, 2.75) is 26.4 Å². The molecule has 0 saturated carbocycles. The quantitative estimate of drug-likeness (QED) is 0.636. The Morgan fingerprint density at radius 1 is 1.10 bits per heavy atom. The molecule has 3 rings (SSSR count). The van der Waals surface area contributed by atoms with Gasteiger partial charge in [-0.3, -0.25) is 9.59 Å². The van der Waals surface area contributed by atoms with Crippen molar-refractivity contribution >= 4 is 5.91 Å². The number of para-hydroxylation sites is 1. The first kappa shape index (κ1) is 20.3. The average molecular weight is 395 g/mol. The van der Waals surface area contributed by atoms with E-state index in [0.717, 1.165) is 11.3 Å². The summed E-state index contributed by atoms with van der Waals surface area (Å²) in [6.45, 7) is 2.93. The monoisotopic (exact) mass is 395 g/mol. The van der Waals surface area contributed by atoms with Crippen molar-refractivity contribution in [3.8, 4) is 17.0 Å². The van der Waals surface area contributed by atoms with Crippen LogP contribution in [0.3, 0.4) is 0 Å². The van der Waals surface area contributed by atoms with Crippen molar-refractivity contribution < 1.29 is 13.9 Å². The van der Waals surface area contributed by atoms with Gasteiger partial charge in [-0.1, -0.05) is 18.2 Å². The molecule has 7 heteroatoms. The standard InChI is InChI=1S/C22H22FN3O3/c1-2-29-20-6-4-3-5-17(20)15-24-21(27)13-14-26-22(28)12-11-19(25-26)16-7-9-18(23)10-8-16/h3-12H,2,13-15H2,1H3,(H,24,27). The van der Waals surface area contributed by atoms with Gasteiger partial charge in [-0.15, -0.1) is 0 Å². The first-order valence-corrected chi connectivity index (χ1v) is 9.38. The van der Waals surface area contributed by atoms with Crippen LogP contribution in [0, 0.1) is 5.82 Å². The molecule has 0 aliphatic rings. The van der Waals surface area contributed by atoms with Gasteiger partial charge in [0.1, 0.15) is 11.6 Å². The normalized spacial score (nSPS) is 10.6. The number of hydrogen-bond acceptors (Lipinski definition) is 4. The summed E-state index contributed by atoms with van der Waals surface area (Å²) in [5, 5.41) is 7.12. The summed E-state index contributed by atoms with van der Waals surface area (Å²) in [5.41, 5.74) is 1.81. The van der Waals surface area contributed by atoms with Gasteiger partial charge in [0.05, 0.1) is 18.8 Å². The van der Waals surface area contributed by atoms with Crippen LogP contribution in [0.1, 0.15) is 18.9 Å². The Hall–Kier alpha value is -3.48. The fraction of sp³-hybridized carbons (Fsp3) is 0.227. The van der Waals surface area contributed by atoms with Crippen LogP contribution in [-0.2, 0) is 17.9 Å². The van der Waals surface area contributed by atoms with E-state index < -0.39 is 0 Å². The van der Waals surface area contributed by atoms with E-state index in [1.807, 2.05) is 31.2 Å². The number of aryl methyl sites for hydroxylation is 1. The highest BCUT2D eigenvalue weighted by Crippen LogP contribution is 2.18. The lowest BCUT2D eigenvalue weighted by molar-refractivity contribution is -0.121. The molecule has 0 atom stereocenters. The smallest absolute Gasteiger partial charge is 0.266 e. The molecule has 3 aromatic rings. The minimum atomic E-state index is -0.343. The second kappa shape index (κ2) is 9.64. The van der Waals surface area contributed by atoms with Crippen LogP contribution in [0.25, 0.3) is 11.3 Å². The molecule has 1 aromatic heterocycles. The maximum Gasteiger partial charge on any atom is 0.266 e. The molecule has 150 valence electrons. The van der Waals surface area contributed by atoms with Crippen LogP contribution in [0.2, 0.25) is 0 Å². The Balaban J connectivity index is 1.61. The molecular formula is C22H22FN3O3. The number of rotatable bonds is 8. The third-order valence-corrected chi connectivity index (χ3v) is 4.31. The average Bonchev–Trinajstić information content (AvgIpc) is 2.73. The van der Waals surface area contributed by atoms with Crippen LogP contribution >= 0.6 is 0 Å². The fourth-order valence-corrected chi connectivity index (χ4v) is 2.82. The van der Waals surface area contributed by atoms with Crippen LogP contribution in [0.4, 0.5) is 4.39 Å². The number of carbonyl (C=O) groups excluding carboxylic acids is 1. The highest BCUT2D eigenvalue weighted by molar-refractivity contribution is 5.75. The van der Waals surface area contributed by atoms with E-state index in [0.29, 0.717) is 24.4 Å². The molecule has 0 aliphatic heterocycles. The lowest BCUT2D eigenvalue weighted by atomic mass is 10.1. The first-order valence-electron chi connectivity index (χ1n) is 9.38. The number of nitrogens with zero attached hydrogens (tertiary/aromatic N) is 2. The van der Waals surface area contributed by atoms with E-state index in [-0.39, 0.29) is 30.2 Å². The van der Waals surface area contributed by atoms with Gasteiger partial charge in [0, 0.05) is 30.2 Å². The Morgan fingerprint density at radius 2 is 1.86 bits per heavy atom. The van der Waals surface area contributed by atoms with Crippen molar-refractivity contribution in [3.05, 3.63) is 82.4 Å². The van der Waals surface area contributed by atoms with Crippen LogP contribution < -0.4 is 15.6 Å². The van der Waals surface area contributed by atoms with Gasteiger partial charge in [0.2, 0.25) is 5.91 Å². The number of amides is 1. The van der Waals surface area contributed by atoms with Gasteiger partial charge in [0.25, 0.3) is 5.56 Å². The summed E-state index contributed by atoms with van der Waals surface area (Å²) < 4.78 is 19.9. The minimum Gasteiger partial charge on any atom is -0.494 e. The molecule has 29 heavy (non-hydrogen) atoms. The summed E-state index contributed by atoms with van der Waals surface area (Å²) in [6.07, 6.45) is 0.108. The highest BCUT2D eigenvalue weighted by Gasteiger charge is 2.08. The lowest BCUT2D eigenvalue weighted by Crippen LogP contribution is -2.28. The summed E-state index contributed by atoms with van der Waals surface area (Å²) in [5.74, 6) is 0.196. The van der Waals surface area contributed by atoms with Crippen molar-refractivity contribution in [2.24, 2.45) is 0 Å². The van der Waals surface area contributed by atoms with Gasteiger partial charge in [-0.05, 0) is 43.3 Å². The van der Waals surface area contributed by atoms with Crippen LogP contribution in [-0.4, -0.2) is 22.3 Å². The first-order chi connectivity index (χ1) is 14.1. The molecule has 0 fully saturated rings. The predicted molar refractivity (Wildman–Crippen MR) is 108 cm³/mol. The van der Waals surface area contributed by atoms with E-state index in [1.165, 1.54) is 22.9 Å². The number of carbonyl (C=O) groups is 1. The molecule has 6 nitrogen and oxygen atoms in total. The molecule has 0 bridgehead atoms. The van der Waals surface area contributed by atoms with Crippen LogP contribution in [0.5, 0.6) is 5.75 Å². The van der Waals surface area contributed by atoms with Gasteiger partial charge in [0.15, 0.2) is 0 Å². The SMILES string of the molecule is CCOc1ccccc1CNC(=O)CCn1nc(-c2ccc(F)cc2)ccc1=O. The number of halogens is 1. The van der Waals surface area contributed by atoms with E-state index in [2.05, 4.69) is 10.4 Å². The number of aromatic nitrogens is 2. The second-order valence-electron chi connectivity index (χ2n) is 6.35. The zero-order chi connectivity index (χ0) is 20.6. The topological polar surface area (TPSA) is 73.2 Å². The zero-order valence-corrected chi connectivity index (χ0v) is 16.1. The van der Waals surface area contributed by atoms with E-state index >= 15 is 0 Å². The van der Waals surface area contributed by atoms with E-state index in [1.54, 1.807) is 18.2 Å². The summed E-state index contributed by atoms with van der Waals surface area (Å²) in [4.78, 5) is 24.3. The lowest BCUT2D eigenvalue weighted by Gasteiger charge is -2.11. The molecule has 0 unspecified atom stereocenters. The van der Waals surface area contributed by atoms with E-state index in [9.17, 15) is 14.0 Å². The molecular weight excluding hydrogens is 373 g/mol. The largest absolute Gasteiger partial charge is 0.494 e.